The van der Waals surface area contributed by atoms with E-state index in [1.54, 1.807) is 9.80 Å². The van der Waals surface area contributed by atoms with Crippen LogP contribution in [0.1, 0.15) is 56.6 Å². The molecule has 0 aliphatic carbocycles. The number of aromatic nitrogens is 2. The van der Waals surface area contributed by atoms with E-state index in [1.165, 1.54) is 6.92 Å². The fourth-order valence-electron chi connectivity index (χ4n) is 3.74. The molecule has 26 heavy (non-hydrogen) atoms. The molecule has 2 N–H and O–H groups in total. The van der Waals surface area contributed by atoms with Gasteiger partial charge in [-0.3, -0.25) is 14.3 Å². The monoisotopic (exact) mass is 363 g/mol. The molecule has 0 bridgehead atoms. The van der Waals surface area contributed by atoms with Crippen molar-refractivity contribution in [2.75, 3.05) is 20.1 Å². The van der Waals surface area contributed by atoms with Gasteiger partial charge in [0, 0.05) is 56.9 Å². The molecule has 7 nitrogen and oxygen atoms in total. The van der Waals surface area contributed by atoms with E-state index in [0.717, 1.165) is 29.8 Å². The van der Waals surface area contributed by atoms with Gasteiger partial charge in [0.25, 0.3) is 0 Å². The van der Waals surface area contributed by atoms with Crippen LogP contribution >= 0.6 is 0 Å². The summed E-state index contributed by atoms with van der Waals surface area (Å²) in [5.41, 5.74) is 9.23. The Kier molecular flexibility index (Phi) is 6.44. The molecule has 1 saturated heterocycles. The van der Waals surface area contributed by atoms with Gasteiger partial charge in [-0.1, -0.05) is 0 Å². The minimum absolute atomic E-state index is 0.0206. The Morgan fingerprint density at radius 1 is 1.27 bits per heavy atom. The fraction of sp³-hybridized carbons (Fsp3) is 0.737. The first kappa shape index (κ1) is 20.4. The molecular weight excluding hydrogens is 330 g/mol. The SMILES string of the molecule is CC(=O)N1C[C@@H](N)CC[C@@H](C(=O)N(C)Cc2c(C)nn(C(C)C)c2C)C1. The molecule has 0 unspecified atom stereocenters. The fourth-order valence-corrected chi connectivity index (χ4v) is 3.74. The van der Waals surface area contributed by atoms with Crippen molar-refractivity contribution < 1.29 is 9.59 Å². The first-order chi connectivity index (χ1) is 12.1. The molecule has 2 rings (SSSR count). The average molecular weight is 364 g/mol. The Morgan fingerprint density at radius 3 is 2.46 bits per heavy atom. The van der Waals surface area contributed by atoms with E-state index in [9.17, 15) is 9.59 Å². The normalized spacial score (nSPS) is 21.0. The minimum Gasteiger partial charge on any atom is -0.341 e. The van der Waals surface area contributed by atoms with Crippen molar-refractivity contribution >= 4 is 11.8 Å². The van der Waals surface area contributed by atoms with Crippen LogP contribution in [-0.2, 0) is 16.1 Å². The molecule has 1 aliphatic rings. The number of likely N-dealkylation sites (tertiary alicyclic amines) is 1. The molecule has 2 atom stereocenters. The lowest BCUT2D eigenvalue weighted by molar-refractivity contribution is -0.137. The number of carbonyl (C=O) groups is 2. The number of rotatable bonds is 4. The van der Waals surface area contributed by atoms with Gasteiger partial charge in [-0.2, -0.15) is 5.10 Å². The van der Waals surface area contributed by atoms with Crippen LogP contribution < -0.4 is 5.73 Å². The standard InChI is InChI=1S/C19H33N5O2/c1-12(2)24-14(4)18(13(3)21-24)11-22(6)19(26)16-7-8-17(20)10-23(9-16)15(5)25/h12,16-17H,7-11,20H2,1-6H3/t16-,17+/m1/s1. The highest BCUT2D eigenvalue weighted by Crippen LogP contribution is 2.22. The summed E-state index contributed by atoms with van der Waals surface area (Å²) in [5, 5.41) is 4.60. The van der Waals surface area contributed by atoms with Gasteiger partial charge < -0.3 is 15.5 Å². The Bertz CT molecular complexity index is 667. The van der Waals surface area contributed by atoms with E-state index in [-0.39, 0.29) is 29.8 Å². The summed E-state index contributed by atoms with van der Waals surface area (Å²) in [4.78, 5) is 28.3. The third kappa shape index (κ3) is 4.44. The van der Waals surface area contributed by atoms with Gasteiger partial charge in [0.15, 0.2) is 0 Å². The van der Waals surface area contributed by atoms with Gasteiger partial charge >= 0.3 is 0 Å². The number of aryl methyl sites for hydroxylation is 1. The maximum absolute atomic E-state index is 13.0. The molecule has 0 radical (unpaired) electrons. The summed E-state index contributed by atoms with van der Waals surface area (Å²) in [7, 11) is 1.83. The van der Waals surface area contributed by atoms with Crippen LogP contribution in [0, 0.1) is 19.8 Å². The second-order valence-corrected chi connectivity index (χ2v) is 7.84. The number of nitrogens with zero attached hydrogens (tertiary/aromatic N) is 4. The topological polar surface area (TPSA) is 84.5 Å². The zero-order chi connectivity index (χ0) is 19.6. The average Bonchev–Trinajstić information content (AvgIpc) is 2.73. The summed E-state index contributed by atoms with van der Waals surface area (Å²) in [6, 6.07) is 0.228. The molecule has 0 saturated carbocycles. The van der Waals surface area contributed by atoms with Gasteiger partial charge in [-0.15, -0.1) is 0 Å². The maximum atomic E-state index is 13.0. The van der Waals surface area contributed by atoms with E-state index in [0.29, 0.717) is 19.6 Å². The molecule has 146 valence electrons. The van der Waals surface area contributed by atoms with Gasteiger partial charge in [-0.25, -0.2) is 0 Å². The van der Waals surface area contributed by atoms with Gasteiger partial charge in [-0.05, 0) is 40.5 Å². The van der Waals surface area contributed by atoms with Crippen LogP contribution in [0.5, 0.6) is 0 Å². The van der Waals surface area contributed by atoms with Gasteiger partial charge in [0.2, 0.25) is 11.8 Å². The predicted octanol–water partition coefficient (Wildman–Crippen LogP) is 1.63. The second-order valence-electron chi connectivity index (χ2n) is 7.84. The van der Waals surface area contributed by atoms with E-state index >= 15 is 0 Å². The molecule has 7 heteroatoms. The zero-order valence-electron chi connectivity index (χ0n) is 17.0. The molecule has 1 aliphatic heterocycles. The number of nitrogens with two attached hydrogens (primary N) is 1. The number of hydrogen-bond acceptors (Lipinski definition) is 4. The Hall–Kier alpha value is -1.89. The van der Waals surface area contributed by atoms with E-state index in [2.05, 4.69) is 25.9 Å². The molecule has 0 aromatic carbocycles. The highest BCUT2D eigenvalue weighted by Gasteiger charge is 2.30. The largest absolute Gasteiger partial charge is 0.341 e. The van der Waals surface area contributed by atoms with Crippen LogP contribution in [0.25, 0.3) is 0 Å². The van der Waals surface area contributed by atoms with Crippen molar-refractivity contribution in [2.45, 2.75) is 66.1 Å². The van der Waals surface area contributed by atoms with Crippen molar-refractivity contribution in [3.63, 3.8) is 0 Å². The third-order valence-corrected chi connectivity index (χ3v) is 5.31. The summed E-state index contributed by atoms with van der Waals surface area (Å²) in [6.45, 7) is 11.3. The van der Waals surface area contributed by atoms with Gasteiger partial charge in [0.05, 0.1) is 11.6 Å². The number of hydrogen-bond donors (Lipinski definition) is 1. The summed E-state index contributed by atoms with van der Waals surface area (Å²) in [5.74, 6) is -0.146. The highest BCUT2D eigenvalue weighted by atomic mass is 16.2. The van der Waals surface area contributed by atoms with Crippen molar-refractivity contribution in [3.05, 3.63) is 17.0 Å². The van der Waals surface area contributed by atoms with Crippen molar-refractivity contribution in [1.29, 1.82) is 0 Å². The lowest BCUT2D eigenvalue weighted by Gasteiger charge is -2.27. The molecule has 1 aromatic heterocycles. The minimum atomic E-state index is -0.196. The molecule has 2 amide bonds. The van der Waals surface area contributed by atoms with Crippen LogP contribution in [0.4, 0.5) is 0 Å². The molecule has 2 heterocycles. The van der Waals surface area contributed by atoms with Crippen LogP contribution in [0.15, 0.2) is 0 Å². The first-order valence-electron chi connectivity index (χ1n) is 9.42. The van der Waals surface area contributed by atoms with Crippen LogP contribution in [0.3, 0.4) is 0 Å². The van der Waals surface area contributed by atoms with Crippen molar-refractivity contribution in [3.8, 4) is 0 Å². The smallest absolute Gasteiger partial charge is 0.227 e. The molecule has 1 fully saturated rings. The Balaban J connectivity index is 2.13. The number of carbonyl (C=O) groups excluding carboxylic acids is 2. The van der Waals surface area contributed by atoms with Crippen molar-refractivity contribution in [2.24, 2.45) is 11.7 Å². The summed E-state index contributed by atoms with van der Waals surface area (Å²) in [6.07, 6.45) is 1.48. The Morgan fingerprint density at radius 2 is 1.92 bits per heavy atom. The second kappa shape index (κ2) is 8.20. The third-order valence-electron chi connectivity index (χ3n) is 5.31. The van der Waals surface area contributed by atoms with Gasteiger partial charge in [0.1, 0.15) is 0 Å². The summed E-state index contributed by atoms with van der Waals surface area (Å²) < 4.78 is 2.01. The summed E-state index contributed by atoms with van der Waals surface area (Å²) >= 11 is 0. The van der Waals surface area contributed by atoms with Crippen LogP contribution in [-0.4, -0.2) is 57.6 Å². The van der Waals surface area contributed by atoms with E-state index in [4.69, 9.17) is 5.73 Å². The molecular formula is C19H33N5O2. The first-order valence-corrected chi connectivity index (χ1v) is 9.42. The lowest BCUT2D eigenvalue weighted by atomic mass is 10.00. The quantitative estimate of drug-likeness (QED) is 0.881. The van der Waals surface area contributed by atoms with Crippen LogP contribution in [0.2, 0.25) is 0 Å². The number of amides is 2. The molecule has 0 spiro atoms. The van der Waals surface area contributed by atoms with E-state index < -0.39 is 0 Å². The van der Waals surface area contributed by atoms with E-state index in [1.807, 2.05) is 18.7 Å². The lowest BCUT2D eigenvalue weighted by Crippen LogP contribution is -2.42. The Labute approximate surface area is 156 Å². The zero-order valence-corrected chi connectivity index (χ0v) is 17.0. The molecule has 1 aromatic rings. The highest BCUT2D eigenvalue weighted by molar-refractivity contribution is 5.80. The maximum Gasteiger partial charge on any atom is 0.227 e. The predicted molar refractivity (Wildman–Crippen MR) is 102 cm³/mol. The van der Waals surface area contributed by atoms with Crippen molar-refractivity contribution in [1.82, 2.24) is 19.6 Å².